The van der Waals surface area contributed by atoms with E-state index in [1.165, 1.54) is 24.1 Å². The third-order valence-corrected chi connectivity index (χ3v) is 3.38. The maximum Gasteiger partial charge on any atom is 0.0416 e. The molecule has 0 aliphatic carbocycles. The van der Waals surface area contributed by atoms with Gasteiger partial charge in [0.2, 0.25) is 0 Å². The minimum Gasteiger partial charge on any atom is -0.384 e. The number of hydrogen-bond donors (Lipinski definition) is 2. The summed E-state index contributed by atoms with van der Waals surface area (Å²) in [5, 5.41) is 6.99. The van der Waals surface area contributed by atoms with Crippen LogP contribution in [0.2, 0.25) is 0 Å². The fourth-order valence-electron chi connectivity index (χ4n) is 1.97. The highest BCUT2D eigenvalue weighted by Gasteiger charge is 2.05. The molecule has 3 heteroatoms. The molecule has 1 heterocycles. The molecule has 1 aromatic rings. The molecule has 1 aromatic heterocycles. The Morgan fingerprint density at radius 1 is 1.22 bits per heavy atom. The van der Waals surface area contributed by atoms with Gasteiger partial charge in [0, 0.05) is 36.7 Å². The first-order chi connectivity index (χ1) is 8.81. The van der Waals surface area contributed by atoms with Gasteiger partial charge in [0.15, 0.2) is 0 Å². The Morgan fingerprint density at radius 2 is 2.00 bits per heavy atom. The molecule has 0 amide bonds. The molecule has 0 aliphatic rings. The Kier molecular flexibility index (Phi) is 7.42. The van der Waals surface area contributed by atoms with Crippen LogP contribution in [0.4, 0.5) is 5.69 Å². The molecule has 0 bridgehead atoms. The van der Waals surface area contributed by atoms with E-state index >= 15 is 0 Å². The predicted molar refractivity (Wildman–Crippen MR) is 78.8 cm³/mol. The van der Waals surface area contributed by atoms with E-state index in [0.717, 1.165) is 32.0 Å². The van der Waals surface area contributed by atoms with E-state index < -0.39 is 0 Å². The van der Waals surface area contributed by atoms with Gasteiger partial charge < -0.3 is 10.6 Å². The van der Waals surface area contributed by atoms with Crippen molar-refractivity contribution in [2.24, 2.45) is 5.92 Å². The Labute approximate surface area is 111 Å². The van der Waals surface area contributed by atoms with Crippen molar-refractivity contribution in [2.45, 2.75) is 46.6 Å². The van der Waals surface area contributed by atoms with Gasteiger partial charge in [-0.1, -0.05) is 33.6 Å². The number of aromatic nitrogens is 1. The standard InChI is InChI=1S/C15H27N3/c1-4-8-16-11-14-12-17-9-7-15(14)18-10-13(5-2)6-3/h7,9,12-13,16H,4-6,8,10-11H2,1-3H3,(H,17,18). The number of hydrogen-bond acceptors (Lipinski definition) is 3. The van der Waals surface area contributed by atoms with Crippen LogP contribution in [0, 0.1) is 5.92 Å². The van der Waals surface area contributed by atoms with Gasteiger partial charge in [0.05, 0.1) is 0 Å². The number of rotatable bonds is 9. The predicted octanol–water partition coefficient (Wildman–Crippen LogP) is 3.43. The summed E-state index contributed by atoms with van der Waals surface area (Å²) in [5.74, 6) is 0.759. The minimum atomic E-state index is 0.759. The molecule has 0 unspecified atom stereocenters. The monoisotopic (exact) mass is 249 g/mol. The molecule has 18 heavy (non-hydrogen) atoms. The largest absolute Gasteiger partial charge is 0.384 e. The lowest BCUT2D eigenvalue weighted by Crippen LogP contribution is -2.18. The van der Waals surface area contributed by atoms with Crippen LogP contribution in [0.25, 0.3) is 0 Å². The van der Waals surface area contributed by atoms with E-state index in [1.54, 1.807) is 0 Å². The molecule has 102 valence electrons. The molecule has 0 saturated heterocycles. The second-order valence-corrected chi connectivity index (χ2v) is 4.77. The summed E-state index contributed by atoms with van der Waals surface area (Å²) < 4.78 is 0. The Hall–Kier alpha value is -1.09. The van der Waals surface area contributed by atoms with Crippen molar-refractivity contribution in [3.05, 3.63) is 24.0 Å². The molecule has 0 atom stereocenters. The first-order valence-electron chi connectivity index (χ1n) is 7.19. The maximum atomic E-state index is 4.21. The third-order valence-electron chi connectivity index (χ3n) is 3.38. The summed E-state index contributed by atoms with van der Waals surface area (Å²) in [6.07, 6.45) is 7.45. The van der Waals surface area contributed by atoms with Crippen LogP contribution in [0.1, 0.15) is 45.6 Å². The normalized spacial score (nSPS) is 10.9. The van der Waals surface area contributed by atoms with Crippen LogP contribution < -0.4 is 10.6 Å². The number of pyridine rings is 1. The molecule has 0 spiro atoms. The average Bonchev–Trinajstić information content (AvgIpc) is 2.41. The molecular weight excluding hydrogens is 222 g/mol. The van der Waals surface area contributed by atoms with E-state index in [9.17, 15) is 0 Å². The van der Waals surface area contributed by atoms with E-state index in [2.05, 4.69) is 42.5 Å². The Balaban J connectivity index is 2.52. The Morgan fingerprint density at radius 3 is 2.67 bits per heavy atom. The van der Waals surface area contributed by atoms with E-state index in [0.29, 0.717) is 0 Å². The Bertz CT molecular complexity index is 321. The van der Waals surface area contributed by atoms with Crippen molar-refractivity contribution in [2.75, 3.05) is 18.4 Å². The zero-order chi connectivity index (χ0) is 13.2. The molecule has 0 aliphatic heterocycles. The van der Waals surface area contributed by atoms with Crippen LogP contribution in [0.5, 0.6) is 0 Å². The van der Waals surface area contributed by atoms with Crippen LogP contribution in [0.15, 0.2) is 18.5 Å². The maximum absolute atomic E-state index is 4.21. The lowest BCUT2D eigenvalue weighted by molar-refractivity contribution is 0.518. The van der Waals surface area contributed by atoms with Crippen molar-refractivity contribution >= 4 is 5.69 Å². The van der Waals surface area contributed by atoms with E-state index in [4.69, 9.17) is 0 Å². The molecule has 1 rings (SSSR count). The van der Waals surface area contributed by atoms with Gasteiger partial charge in [-0.3, -0.25) is 4.98 Å². The SMILES string of the molecule is CCCNCc1cnccc1NCC(CC)CC. The molecular formula is C15H27N3. The van der Waals surface area contributed by atoms with Gasteiger partial charge in [-0.05, 0) is 24.9 Å². The number of nitrogens with zero attached hydrogens (tertiary/aromatic N) is 1. The molecule has 0 aromatic carbocycles. The molecule has 3 nitrogen and oxygen atoms in total. The van der Waals surface area contributed by atoms with E-state index in [-0.39, 0.29) is 0 Å². The van der Waals surface area contributed by atoms with Crippen LogP contribution in [0.3, 0.4) is 0 Å². The summed E-state index contributed by atoms with van der Waals surface area (Å²) >= 11 is 0. The van der Waals surface area contributed by atoms with Crippen LogP contribution in [-0.2, 0) is 6.54 Å². The summed E-state index contributed by atoms with van der Waals surface area (Å²) in [4.78, 5) is 4.21. The van der Waals surface area contributed by atoms with Crippen LogP contribution in [-0.4, -0.2) is 18.1 Å². The minimum absolute atomic E-state index is 0.759. The summed E-state index contributed by atoms with van der Waals surface area (Å²) in [7, 11) is 0. The second-order valence-electron chi connectivity index (χ2n) is 4.77. The summed E-state index contributed by atoms with van der Waals surface area (Å²) in [6.45, 7) is 9.70. The van der Waals surface area contributed by atoms with Gasteiger partial charge in [-0.25, -0.2) is 0 Å². The summed E-state index contributed by atoms with van der Waals surface area (Å²) in [6, 6.07) is 2.07. The van der Waals surface area contributed by atoms with Crippen molar-refractivity contribution in [1.29, 1.82) is 0 Å². The number of nitrogens with one attached hydrogen (secondary N) is 2. The molecule has 0 fully saturated rings. The first-order valence-corrected chi connectivity index (χ1v) is 7.19. The van der Waals surface area contributed by atoms with Gasteiger partial charge >= 0.3 is 0 Å². The second kappa shape index (κ2) is 8.92. The molecule has 0 saturated carbocycles. The fourth-order valence-corrected chi connectivity index (χ4v) is 1.97. The van der Waals surface area contributed by atoms with Gasteiger partial charge in [0.1, 0.15) is 0 Å². The fraction of sp³-hybridized carbons (Fsp3) is 0.667. The topological polar surface area (TPSA) is 37.0 Å². The average molecular weight is 249 g/mol. The number of anilines is 1. The zero-order valence-electron chi connectivity index (χ0n) is 12.0. The van der Waals surface area contributed by atoms with Crippen molar-refractivity contribution < 1.29 is 0 Å². The molecule has 2 N–H and O–H groups in total. The van der Waals surface area contributed by atoms with Gasteiger partial charge in [-0.2, -0.15) is 0 Å². The van der Waals surface area contributed by atoms with Crippen molar-refractivity contribution in [1.82, 2.24) is 10.3 Å². The van der Waals surface area contributed by atoms with E-state index in [1.807, 2.05) is 12.4 Å². The van der Waals surface area contributed by atoms with Crippen LogP contribution >= 0.6 is 0 Å². The smallest absolute Gasteiger partial charge is 0.0416 e. The highest BCUT2D eigenvalue weighted by molar-refractivity contribution is 5.49. The summed E-state index contributed by atoms with van der Waals surface area (Å²) in [5.41, 5.74) is 2.48. The molecule has 0 radical (unpaired) electrons. The van der Waals surface area contributed by atoms with Crippen molar-refractivity contribution in [3.63, 3.8) is 0 Å². The van der Waals surface area contributed by atoms with Gasteiger partial charge in [-0.15, -0.1) is 0 Å². The first kappa shape index (κ1) is 15.0. The lowest BCUT2D eigenvalue weighted by atomic mass is 10.0. The van der Waals surface area contributed by atoms with Gasteiger partial charge in [0.25, 0.3) is 0 Å². The zero-order valence-corrected chi connectivity index (χ0v) is 12.0. The highest BCUT2D eigenvalue weighted by atomic mass is 14.9. The quantitative estimate of drug-likeness (QED) is 0.658. The lowest BCUT2D eigenvalue weighted by Gasteiger charge is -2.16. The highest BCUT2D eigenvalue weighted by Crippen LogP contribution is 2.15. The third kappa shape index (κ3) is 5.05. The van der Waals surface area contributed by atoms with Crippen molar-refractivity contribution in [3.8, 4) is 0 Å².